The molecule has 1 saturated carbocycles. The molecule has 3 atom stereocenters. The quantitative estimate of drug-likeness (QED) is 0.601. The van der Waals surface area contributed by atoms with E-state index >= 15 is 0 Å². The maximum Gasteiger partial charge on any atom is 0.328 e. The van der Waals surface area contributed by atoms with Crippen molar-refractivity contribution in [2.24, 2.45) is 17.8 Å². The van der Waals surface area contributed by atoms with Crippen LogP contribution in [-0.2, 0) is 9.59 Å². The Morgan fingerprint density at radius 3 is 2.27 bits per heavy atom. The Balaban J connectivity index is 0.000000192. The summed E-state index contributed by atoms with van der Waals surface area (Å²) in [7, 11) is 0. The standard InChI is InChI=1S/C14H20.C4H4O4/c1-3-10-7-11-8-14(10)12-5-4-9(2)6-13(11)12;5-3(6)1-2-4(7)8/h3,9,11,14H,4-8H2,1-2H3;1-2H,(H,5,6)(H,7,8)/b;2-1+. The second-order valence-electron chi connectivity index (χ2n) is 6.46. The first-order valence-electron chi connectivity index (χ1n) is 7.93. The van der Waals surface area contributed by atoms with E-state index in [1.165, 1.54) is 32.1 Å². The molecule has 3 aliphatic carbocycles. The number of hydrogen-bond acceptors (Lipinski definition) is 2. The Labute approximate surface area is 131 Å². The van der Waals surface area contributed by atoms with E-state index in [9.17, 15) is 9.59 Å². The number of carboxylic acids is 2. The highest BCUT2D eigenvalue weighted by Gasteiger charge is 2.42. The van der Waals surface area contributed by atoms with Gasteiger partial charge in [-0.05, 0) is 50.9 Å². The number of rotatable bonds is 2. The minimum Gasteiger partial charge on any atom is -0.478 e. The molecule has 4 heteroatoms. The topological polar surface area (TPSA) is 74.6 Å². The molecule has 3 aliphatic rings. The number of carbonyl (C=O) groups is 2. The number of carboxylic acid groups (broad SMARTS) is 2. The first-order valence-corrected chi connectivity index (χ1v) is 7.93. The number of aliphatic carboxylic acids is 2. The van der Waals surface area contributed by atoms with Gasteiger partial charge in [0.2, 0.25) is 0 Å². The molecule has 3 rings (SSSR count). The zero-order valence-electron chi connectivity index (χ0n) is 13.2. The Kier molecular flexibility index (Phi) is 5.22. The van der Waals surface area contributed by atoms with Crippen molar-refractivity contribution in [2.45, 2.75) is 46.0 Å². The average Bonchev–Trinajstić information content (AvgIpc) is 3.03. The van der Waals surface area contributed by atoms with E-state index in [1.54, 1.807) is 5.57 Å². The second kappa shape index (κ2) is 6.95. The van der Waals surface area contributed by atoms with E-state index in [0.717, 1.165) is 17.8 Å². The minimum atomic E-state index is -1.26. The van der Waals surface area contributed by atoms with E-state index in [4.69, 9.17) is 10.2 Å². The van der Waals surface area contributed by atoms with Gasteiger partial charge in [0.25, 0.3) is 0 Å². The summed E-state index contributed by atoms with van der Waals surface area (Å²) in [6.45, 7) is 4.65. The largest absolute Gasteiger partial charge is 0.478 e. The van der Waals surface area contributed by atoms with E-state index in [1.807, 2.05) is 11.1 Å². The van der Waals surface area contributed by atoms with Gasteiger partial charge in [-0.2, -0.15) is 0 Å². The number of fused-ring (bicyclic) bond motifs is 4. The van der Waals surface area contributed by atoms with Crippen LogP contribution in [-0.4, -0.2) is 22.2 Å². The summed E-state index contributed by atoms with van der Waals surface area (Å²) in [4.78, 5) is 19.1. The highest BCUT2D eigenvalue weighted by Crippen LogP contribution is 2.56. The lowest BCUT2D eigenvalue weighted by atomic mass is 9.76. The van der Waals surface area contributed by atoms with Gasteiger partial charge in [0.1, 0.15) is 0 Å². The van der Waals surface area contributed by atoms with Crippen molar-refractivity contribution in [3.05, 3.63) is 34.9 Å². The van der Waals surface area contributed by atoms with Gasteiger partial charge in [0, 0.05) is 18.1 Å². The Bertz CT molecular complexity index is 537. The molecule has 0 aromatic carbocycles. The number of allylic oxidation sites excluding steroid dienone is 4. The van der Waals surface area contributed by atoms with Gasteiger partial charge in [-0.25, -0.2) is 9.59 Å². The predicted octanol–water partition coefficient (Wildman–Crippen LogP) is 3.80. The fourth-order valence-corrected chi connectivity index (χ4v) is 4.04. The van der Waals surface area contributed by atoms with Crippen molar-refractivity contribution in [1.82, 2.24) is 0 Å². The van der Waals surface area contributed by atoms with Crippen molar-refractivity contribution in [3.63, 3.8) is 0 Å². The van der Waals surface area contributed by atoms with Crippen LogP contribution in [0, 0.1) is 17.8 Å². The van der Waals surface area contributed by atoms with Crippen LogP contribution in [0.3, 0.4) is 0 Å². The zero-order valence-corrected chi connectivity index (χ0v) is 13.2. The molecule has 0 aromatic heterocycles. The van der Waals surface area contributed by atoms with E-state index in [2.05, 4.69) is 19.9 Å². The molecule has 0 amide bonds. The normalized spacial score (nSPS) is 31.2. The molecule has 2 N–H and O–H groups in total. The summed E-state index contributed by atoms with van der Waals surface area (Å²) >= 11 is 0. The first-order chi connectivity index (χ1) is 10.4. The highest BCUT2D eigenvalue weighted by molar-refractivity contribution is 5.89. The minimum absolute atomic E-state index is 0.558. The zero-order chi connectivity index (χ0) is 16.3. The molecule has 2 bridgehead atoms. The molecule has 0 saturated heterocycles. The molecule has 0 radical (unpaired) electrons. The second-order valence-corrected chi connectivity index (χ2v) is 6.46. The lowest BCUT2D eigenvalue weighted by Gasteiger charge is -2.29. The smallest absolute Gasteiger partial charge is 0.328 e. The third-order valence-corrected chi connectivity index (χ3v) is 4.99. The molecular formula is C18H24O4. The third kappa shape index (κ3) is 3.67. The van der Waals surface area contributed by atoms with Gasteiger partial charge in [0.15, 0.2) is 0 Å². The maximum absolute atomic E-state index is 9.55. The molecule has 0 aliphatic heterocycles. The van der Waals surface area contributed by atoms with Crippen LogP contribution in [0.15, 0.2) is 34.9 Å². The lowest BCUT2D eigenvalue weighted by Crippen LogP contribution is -2.14. The van der Waals surface area contributed by atoms with Crippen LogP contribution in [0.2, 0.25) is 0 Å². The van der Waals surface area contributed by atoms with E-state index in [0.29, 0.717) is 12.2 Å². The molecule has 3 unspecified atom stereocenters. The van der Waals surface area contributed by atoms with Gasteiger partial charge in [-0.3, -0.25) is 0 Å². The van der Waals surface area contributed by atoms with Gasteiger partial charge >= 0.3 is 11.9 Å². The summed E-state index contributed by atoms with van der Waals surface area (Å²) in [6, 6.07) is 0. The van der Waals surface area contributed by atoms with Crippen molar-refractivity contribution >= 4 is 11.9 Å². The molecule has 4 nitrogen and oxygen atoms in total. The third-order valence-electron chi connectivity index (χ3n) is 4.99. The Morgan fingerprint density at radius 2 is 1.73 bits per heavy atom. The van der Waals surface area contributed by atoms with Crippen LogP contribution in [0.5, 0.6) is 0 Å². The van der Waals surface area contributed by atoms with Crippen LogP contribution in [0.4, 0.5) is 0 Å². The monoisotopic (exact) mass is 304 g/mol. The van der Waals surface area contributed by atoms with Crippen LogP contribution in [0.25, 0.3) is 0 Å². The SMILES string of the molecule is CC=C1CC2CC1C1=C2CC(C)CC1.O=C(O)/C=C/C(=O)O. The van der Waals surface area contributed by atoms with Gasteiger partial charge < -0.3 is 10.2 Å². The molecule has 0 heterocycles. The predicted molar refractivity (Wildman–Crippen MR) is 84.4 cm³/mol. The van der Waals surface area contributed by atoms with E-state index in [-0.39, 0.29) is 0 Å². The maximum atomic E-state index is 9.55. The Hall–Kier alpha value is -1.84. The molecular weight excluding hydrogens is 280 g/mol. The van der Waals surface area contributed by atoms with E-state index < -0.39 is 11.9 Å². The summed E-state index contributed by atoms with van der Waals surface area (Å²) < 4.78 is 0. The van der Waals surface area contributed by atoms with Crippen molar-refractivity contribution in [1.29, 1.82) is 0 Å². The number of hydrogen-bond donors (Lipinski definition) is 2. The molecule has 0 aromatic rings. The van der Waals surface area contributed by atoms with Gasteiger partial charge in [-0.15, -0.1) is 0 Å². The van der Waals surface area contributed by atoms with Crippen molar-refractivity contribution in [3.8, 4) is 0 Å². The van der Waals surface area contributed by atoms with Crippen LogP contribution in [0.1, 0.15) is 46.0 Å². The van der Waals surface area contributed by atoms with Crippen LogP contribution >= 0.6 is 0 Å². The van der Waals surface area contributed by atoms with Gasteiger partial charge in [0.05, 0.1) is 0 Å². The van der Waals surface area contributed by atoms with Gasteiger partial charge in [-0.1, -0.05) is 29.7 Å². The molecule has 120 valence electrons. The molecule has 1 fully saturated rings. The molecule has 22 heavy (non-hydrogen) atoms. The first kappa shape index (κ1) is 16.5. The summed E-state index contributed by atoms with van der Waals surface area (Å²) in [5.41, 5.74) is 5.51. The summed E-state index contributed by atoms with van der Waals surface area (Å²) in [5.74, 6) is 0.304. The van der Waals surface area contributed by atoms with Crippen molar-refractivity contribution in [2.75, 3.05) is 0 Å². The lowest BCUT2D eigenvalue weighted by molar-refractivity contribution is -0.134. The summed E-state index contributed by atoms with van der Waals surface area (Å²) in [6.07, 6.45) is 10.6. The average molecular weight is 304 g/mol. The van der Waals surface area contributed by atoms with Crippen molar-refractivity contribution < 1.29 is 19.8 Å². The fourth-order valence-electron chi connectivity index (χ4n) is 4.04. The summed E-state index contributed by atoms with van der Waals surface area (Å²) in [5, 5.41) is 15.6. The Morgan fingerprint density at radius 1 is 1.09 bits per heavy atom. The molecule has 0 spiro atoms. The fraction of sp³-hybridized carbons (Fsp3) is 0.556. The van der Waals surface area contributed by atoms with Crippen LogP contribution < -0.4 is 0 Å². The highest BCUT2D eigenvalue weighted by atomic mass is 16.4.